The summed E-state index contributed by atoms with van der Waals surface area (Å²) in [5.41, 5.74) is 12.5. The molecule has 0 unspecified atom stereocenters. The molecule has 0 aromatic heterocycles. The van der Waals surface area contributed by atoms with E-state index in [0.29, 0.717) is 6.54 Å². The molecule has 1 aromatic carbocycles. The molecule has 0 saturated heterocycles. The van der Waals surface area contributed by atoms with Crippen LogP contribution in [0.4, 0.5) is 0 Å². The molecule has 1 rings (SSSR count). The van der Waals surface area contributed by atoms with Gasteiger partial charge in [0, 0.05) is 9.61 Å². The van der Waals surface area contributed by atoms with Crippen LogP contribution in [0.15, 0.2) is 24.3 Å². The van der Waals surface area contributed by atoms with Gasteiger partial charge in [-0.1, -0.05) is 12.1 Å². The van der Waals surface area contributed by atoms with Gasteiger partial charge >= 0.3 is 0 Å². The fourth-order valence-corrected chi connectivity index (χ4v) is 1.42. The fraction of sp³-hybridized carbons (Fsp3) is 0.333. The van der Waals surface area contributed by atoms with Crippen LogP contribution in [0.1, 0.15) is 18.0 Å². The Morgan fingerprint density at radius 2 is 1.77 bits per heavy atom. The summed E-state index contributed by atoms with van der Waals surface area (Å²) in [6.07, 6.45) is 0.848. The zero-order valence-electron chi connectivity index (χ0n) is 7.24. The molecule has 0 saturated carbocycles. The SMILES string of the molecule is Cl.NCC[C@H](N)c1ccc(I)cc1. The molecule has 74 valence electrons. The maximum Gasteiger partial charge on any atom is 0.0306 e. The lowest BCUT2D eigenvalue weighted by Crippen LogP contribution is -2.15. The van der Waals surface area contributed by atoms with E-state index < -0.39 is 0 Å². The fourth-order valence-electron chi connectivity index (χ4n) is 1.06. The number of benzene rings is 1. The van der Waals surface area contributed by atoms with Gasteiger partial charge in [-0.25, -0.2) is 0 Å². The molecule has 0 heterocycles. The Labute approximate surface area is 98.6 Å². The minimum absolute atomic E-state index is 0. The molecule has 0 radical (unpaired) electrons. The topological polar surface area (TPSA) is 52.0 Å². The first-order valence-corrected chi connectivity index (χ1v) is 5.03. The highest BCUT2D eigenvalue weighted by atomic mass is 127. The Kier molecular flexibility index (Phi) is 6.67. The number of hydrogen-bond acceptors (Lipinski definition) is 2. The second kappa shape index (κ2) is 6.59. The van der Waals surface area contributed by atoms with Crippen LogP contribution in [0.3, 0.4) is 0 Å². The molecule has 2 nitrogen and oxygen atoms in total. The van der Waals surface area contributed by atoms with Crippen LogP contribution in [0, 0.1) is 3.57 Å². The zero-order valence-corrected chi connectivity index (χ0v) is 10.2. The second-order valence-corrected chi connectivity index (χ2v) is 3.98. The molecule has 1 aromatic rings. The van der Waals surface area contributed by atoms with Crippen LogP contribution in [0.25, 0.3) is 0 Å². The molecule has 0 spiro atoms. The third kappa shape index (κ3) is 4.26. The number of rotatable bonds is 3. The van der Waals surface area contributed by atoms with Crippen molar-refractivity contribution in [3.05, 3.63) is 33.4 Å². The van der Waals surface area contributed by atoms with Gasteiger partial charge in [-0.15, -0.1) is 12.4 Å². The quantitative estimate of drug-likeness (QED) is 0.840. The summed E-state index contributed by atoms with van der Waals surface area (Å²) in [4.78, 5) is 0. The molecule has 0 aliphatic heterocycles. The largest absolute Gasteiger partial charge is 0.330 e. The molecular weight excluding hydrogens is 298 g/mol. The van der Waals surface area contributed by atoms with Gasteiger partial charge in [-0.2, -0.15) is 0 Å². The van der Waals surface area contributed by atoms with E-state index in [4.69, 9.17) is 11.5 Å². The molecule has 13 heavy (non-hydrogen) atoms. The molecule has 0 bridgehead atoms. The predicted molar refractivity (Wildman–Crippen MR) is 67.0 cm³/mol. The maximum atomic E-state index is 5.87. The van der Waals surface area contributed by atoms with Crippen LogP contribution in [-0.2, 0) is 0 Å². The van der Waals surface area contributed by atoms with Gasteiger partial charge in [0.05, 0.1) is 0 Å². The smallest absolute Gasteiger partial charge is 0.0306 e. The van der Waals surface area contributed by atoms with Crippen molar-refractivity contribution >= 4 is 35.0 Å². The highest BCUT2D eigenvalue weighted by Gasteiger charge is 2.03. The van der Waals surface area contributed by atoms with Crippen LogP contribution in [-0.4, -0.2) is 6.54 Å². The summed E-state index contributed by atoms with van der Waals surface area (Å²) in [5, 5.41) is 0. The van der Waals surface area contributed by atoms with Gasteiger partial charge in [-0.3, -0.25) is 0 Å². The van der Waals surface area contributed by atoms with E-state index in [1.807, 2.05) is 0 Å². The van der Waals surface area contributed by atoms with Crippen molar-refractivity contribution in [2.45, 2.75) is 12.5 Å². The maximum absolute atomic E-state index is 5.87. The summed E-state index contributed by atoms with van der Waals surface area (Å²) in [7, 11) is 0. The minimum Gasteiger partial charge on any atom is -0.330 e. The highest BCUT2D eigenvalue weighted by molar-refractivity contribution is 14.1. The second-order valence-electron chi connectivity index (χ2n) is 2.74. The summed E-state index contributed by atoms with van der Waals surface area (Å²) in [6, 6.07) is 8.33. The van der Waals surface area contributed by atoms with Crippen molar-refractivity contribution in [3.63, 3.8) is 0 Å². The van der Waals surface area contributed by atoms with E-state index in [9.17, 15) is 0 Å². The van der Waals surface area contributed by atoms with Crippen molar-refractivity contribution in [2.24, 2.45) is 11.5 Å². The molecule has 0 amide bonds. The Balaban J connectivity index is 0.00000144. The van der Waals surface area contributed by atoms with Gasteiger partial charge in [-0.05, 0) is 53.3 Å². The molecular formula is C9H14ClIN2. The van der Waals surface area contributed by atoms with Crippen LogP contribution < -0.4 is 11.5 Å². The first-order chi connectivity index (χ1) is 5.74. The van der Waals surface area contributed by atoms with E-state index in [2.05, 4.69) is 46.9 Å². The Bertz CT molecular complexity index is 238. The van der Waals surface area contributed by atoms with Crippen LogP contribution >= 0.6 is 35.0 Å². The minimum atomic E-state index is 0. The van der Waals surface area contributed by atoms with Gasteiger partial charge in [0.15, 0.2) is 0 Å². The Morgan fingerprint density at radius 3 is 2.23 bits per heavy atom. The predicted octanol–water partition coefficient (Wildman–Crippen LogP) is 2.06. The van der Waals surface area contributed by atoms with Crippen molar-refractivity contribution in [1.82, 2.24) is 0 Å². The Morgan fingerprint density at radius 1 is 1.23 bits per heavy atom. The van der Waals surface area contributed by atoms with E-state index in [1.54, 1.807) is 0 Å². The van der Waals surface area contributed by atoms with Crippen molar-refractivity contribution in [2.75, 3.05) is 6.54 Å². The van der Waals surface area contributed by atoms with Gasteiger partial charge in [0.2, 0.25) is 0 Å². The van der Waals surface area contributed by atoms with E-state index in [1.165, 1.54) is 9.13 Å². The van der Waals surface area contributed by atoms with E-state index >= 15 is 0 Å². The average Bonchev–Trinajstić information content (AvgIpc) is 2.06. The molecule has 0 fully saturated rings. The van der Waals surface area contributed by atoms with Crippen molar-refractivity contribution in [1.29, 1.82) is 0 Å². The molecule has 1 atom stereocenters. The summed E-state index contributed by atoms with van der Waals surface area (Å²) in [5.74, 6) is 0. The van der Waals surface area contributed by atoms with Crippen molar-refractivity contribution < 1.29 is 0 Å². The Hall–Kier alpha value is 0.160. The summed E-state index contributed by atoms with van der Waals surface area (Å²) in [6.45, 7) is 0.646. The van der Waals surface area contributed by atoms with Crippen LogP contribution in [0.5, 0.6) is 0 Å². The summed E-state index contributed by atoms with van der Waals surface area (Å²) >= 11 is 2.28. The lowest BCUT2D eigenvalue weighted by Gasteiger charge is -2.09. The molecule has 4 N–H and O–H groups in total. The van der Waals surface area contributed by atoms with Gasteiger partial charge < -0.3 is 11.5 Å². The van der Waals surface area contributed by atoms with Gasteiger partial charge in [0.25, 0.3) is 0 Å². The van der Waals surface area contributed by atoms with Crippen LogP contribution in [0.2, 0.25) is 0 Å². The van der Waals surface area contributed by atoms with Gasteiger partial charge in [0.1, 0.15) is 0 Å². The summed E-state index contributed by atoms with van der Waals surface area (Å²) < 4.78 is 1.23. The first-order valence-electron chi connectivity index (χ1n) is 3.95. The normalized spacial score (nSPS) is 11.9. The molecule has 4 heteroatoms. The average molecular weight is 313 g/mol. The standard InChI is InChI=1S/C9H13IN2.ClH/c10-8-3-1-7(2-4-8)9(12)5-6-11;/h1-4,9H,5-6,11-12H2;1H/t9-;/m0./s1. The monoisotopic (exact) mass is 312 g/mol. The number of halogens is 2. The first kappa shape index (κ1) is 13.2. The van der Waals surface area contributed by atoms with E-state index in [-0.39, 0.29) is 18.4 Å². The molecule has 0 aliphatic rings. The van der Waals surface area contributed by atoms with Crippen molar-refractivity contribution in [3.8, 4) is 0 Å². The lowest BCUT2D eigenvalue weighted by atomic mass is 10.1. The third-order valence-corrected chi connectivity index (χ3v) is 2.49. The molecule has 0 aliphatic carbocycles. The number of hydrogen-bond donors (Lipinski definition) is 2. The highest BCUT2D eigenvalue weighted by Crippen LogP contribution is 2.14. The zero-order chi connectivity index (χ0) is 8.97. The lowest BCUT2D eigenvalue weighted by molar-refractivity contribution is 0.661. The third-order valence-electron chi connectivity index (χ3n) is 1.78. The van der Waals surface area contributed by atoms with E-state index in [0.717, 1.165) is 6.42 Å². The number of nitrogens with two attached hydrogens (primary N) is 2.